The molecular weight excluding hydrogens is 302 g/mol. The number of nitrogens with zero attached hydrogens (tertiary/aromatic N) is 1. The first-order chi connectivity index (χ1) is 12.0. The molecule has 134 valence electrons. The molecule has 0 saturated carbocycles. The molecule has 0 atom stereocenters. The minimum absolute atomic E-state index is 0.328. The van der Waals surface area contributed by atoms with E-state index >= 15 is 0 Å². The Balaban J connectivity index is 2.15. The highest BCUT2D eigenvalue weighted by Gasteiger charge is 2.24. The summed E-state index contributed by atoms with van der Waals surface area (Å²) in [5, 5.41) is 0. The lowest BCUT2D eigenvalue weighted by Gasteiger charge is -2.30. The molecule has 0 bridgehead atoms. The number of anilines is 1. The van der Waals surface area contributed by atoms with E-state index in [4.69, 9.17) is 0 Å². The van der Waals surface area contributed by atoms with E-state index in [0.29, 0.717) is 5.41 Å². The van der Waals surface area contributed by atoms with Crippen molar-refractivity contribution in [3.05, 3.63) is 71.4 Å². The van der Waals surface area contributed by atoms with Crippen LogP contribution in [-0.4, -0.2) is 13.1 Å². The molecule has 1 aliphatic rings. The van der Waals surface area contributed by atoms with Gasteiger partial charge in [-0.2, -0.15) is 0 Å². The Hall–Kier alpha value is -2.02. The number of hydrogen-bond donors (Lipinski definition) is 0. The van der Waals surface area contributed by atoms with Gasteiger partial charge in [-0.15, -0.1) is 0 Å². The zero-order chi connectivity index (χ0) is 18.3. The molecule has 0 aromatic heterocycles. The fourth-order valence-electron chi connectivity index (χ4n) is 3.53. The molecule has 1 nitrogen and oxygen atoms in total. The van der Waals surface area contributed by atoms with Crippen molar-refractivity contribution in [3.8, 4) is 0 Å². The highest BCUT2D eigenvalue weighted by atomic mass is 15.1. The first kappa shape index (κ1) is 19.3. The highest BCUT2D eigenvalue weighted by Crippen LogP contribution is 2.38. The van der Waals surface area contributed by atoms with Crippen molar-refractivity contribution in [1.82, 2.24) is 0 Å². The molecule has 1 aromatic carbocycles. The van der Waals surface area contributed by atoms with Gasteiger partial charge in [0.15, 0.2) is 0 Å². The van der Waals surface area contributed by atoms with Crippen molar-refractivity contribution >= 4 is 11.8 Å². The van der Waals surface area contributed by atoms with Crippen LogP contribution >= 0.6 is 0 Å². The summed E-state index contributed by atoms with van der Waals surface area (Å²) >= 11 is 0. The molecule has 0 saturated heterocycles. The lowest BCUT2D eigenvalue weighted by atomic mass is 9.75. The summed E-state index contributed by atoms with van der Waals surface area (Å²) < 4.78 is 0. The van der Waals surface area contributed by atoms with Crippen molar-refractivity contribution < 1.29 is 0 Å². The maximum atomic E-state index is 2.37. The molecule has 1 heteroatoms. The van der Waals surface area contributed by atoms with Crippen molar-refractivity contribution in [3.63, 3.8) is 0 Å². The first-order valence-electron chi connectivity index (χ1n) is 9.53. The quantitative estimate of drug-likeness (QED) is 0.553. The van der Waals surface area contributed by atoms with E-state index in [1.54, 1.807) is 0 Å². The van der Waals surface area contributed by atoms with Gasteiger partial charge in [-0.05, 0) is 67.9 Å². The van der Waals surface area contributed by atoms with Gasteiger partial charge in [0.25, 0.3) is 0 Å². The largest absolute Gasteiger partial charge is 0.372 e. The Bertz CT molecular complexity index is 665. The molecule has 0 unspecified atom stereocenters. The van der Waals surface area contributed by atoms with Crippen molar-refractivity contribution in [2.75, 3.05) is 18.0 Å². The van der Waals surface area contributed by atoms with Gasteiger partial charge in [0, 0.05) is 18.8 Å². The zero-order valence-electron chi connectivity index (χ0n) is 16.5. The average molecular weight is 336 g/mol. The van der Waals surface area contributed by atoms with Crippen LogP contribution in [0.15, 0.2) is 65.8 Å². The third-order valence-electron chi connectivity index (χ3n) is 4.75. The van der Waals surface area contributed by atoms with Crippen LogP contribution in [0, 0.1) is 5.41 Å². The Morgan fingerprint density at radius 3 is 2.28 bits per heavy atom. The summed E-state index contributed by atoms with van der Waals surface area (Å²) in [5.41, 5.74) is 5.73. The summed E-state index contributed by atoms with van der Waals surface area (Å²) in [7, 11) is 0. The molecule has 1 aliphatic carbocycles. The smallest absolute Gasteiger partial charge is 0.0366 e. The highest BCUT2D eigenvalue weighted by molar-refractivity contribution is 5.58. The third kappa shape index (κ3) is 5.77. The maximum absolute atomic E-state index is 2.37. The van der Waals surface area contributed by atoms with Gasteiger partial charge in [-0.25, -0.2) is 0 Å². The van der Waals surface area contributed by atoms with Crippen LogP contribution in [0.4, 0.5) is 5.69 Å². The van der Waals surface area contributed by atoms with Crippen LogP contribution in [0.3, 0.4) is 0 Å². The molecule has 1 aromatic rings. The normalized spacial score (nSPS) is 18.9. The molecule has 2 rings (SSSR count). The first-order valence-corrected chi connectivity index (χ1v) is 9.53. The molecule has 0 N–H and O–H groups in total. The fourth-order valence-corrected chi connectivity index (χ4v) is 3.53. The van der Waals surface area contributed by atoms with Gasteiger partial charge < -0.3 is 4.90 Å². The summed E-state index contributed by atoms with van der Waals surface area (Å²) in [6.07, 6.45) is 15.6. The summed E-state index contributed by atoms with van der Waals surface area (Å²) in [6, 6.07) is 8.89. The zero-order valence-corrected chi connectivity index (χ0v) is 16.5. The van der Waals surface area contributed by atoms with Crippen LogP contribution in [0.5, 0.6) is 0 Å². The standard InChI is InChI=1S/C24H33N/c1-6-9-10-21-17-22(19-24(4,5)18-21)12-11-20-13-15-23(16-14-20)25(7-2)8-3/h6,9-17H,7-8,18-19H2,1-5H3/b9-6+,12-11+,21-10-. The predicted molar refractivity (Wildman–Crippen MR) is 113 cm³/mol. The van der Waals surface area contributed by atoms with E-state index in [-0.39, 0.29) is 0 Å². The molecule has 0 aliphatic heterocycles. The number of rotatable bonds is 6. The lowest BCUT2D eigenvalue weighted by molar-refractivity contribution is 0.355. The third-order valence-corrected chi connectivity index (χ3v) is 4.75. The average Bonchev–Trinajstić information content (AvgIpc) is 2.59. The number of allylic oxidation sites excluding steroid dienone is 7. The molecular formula is C24H33N. The van der Waals surface area contributed by atoms with Gasteiger partial charge in [0.1, 0.15) is 0 Å². The van der Waals surface area contributed by atoms with Gasteiger partial charge >= 0.3 is 0 Å². The van der Waals surface area contributed by atoms with Gasteiger partial charge in [0.05, 0.1) is 0 Å². The molecule has 0 heterocycles. The Morgan fingerprint density at radius 1 is 1.00 bits per heavy atom. The SMILES string of the molecule is C/C=C/C=C1C=C(/C=C/c2ccc(N(CC)CC)cc2)CC(C)(C)C/1. The second-order valence-corrected chi connectivity index (χ2v) is 7.60. The Morgan fingerprint density at radius 2 is 1.68 bits per heavy atom. The molecule has 0 radical (unpaired) electrons. The van der Waals surface area contributed by atoms with Crippen LogP contribution in [0.25, 0.3) is 6.08 Å². The van der Waals surface area contributed by atoms with Gasteiger partial charge in [-0.1, -0.05) is 62.4 Å². The second kappa shape index (κ2) is 8.89. The van der Waals surface area contributed by atoms with Crippen molar-refractivity contribution in [2.45, 2.75) is 47.5 Å². The predicted octanol–water partition coefficient (Wildman–Crippen LogP) is 6.79. The topological polar surface area (TPSA) is 3.24 Å². The summed E-state index contributed by atoms with van der Waals surface area (Å²) in [6.45, 7) is 13.3. The Kier molecular flexibility index (Phi) is 6.87. The second-order valence-electron chi connectivity index (χ2n) is 7.60. The number of benzene rings is 1. The van der Waals surface area contributed by atoms with E-state index in [1.807, 2.05) is 0 Å². The van der Waals surface area contributed by atoms with Crippen LogP contribution in [0.1, 0.15) is 53.0 Å². The van der Waals surface area contributed by atoms with Crippen LogP contribution < -0.4 is 4.90 Å². The number of hydrogen-bond acceptors (Lipinski definition) is 1. The lowest BCUT2D eigenvalue weighted by Crippen LogP contribution is -2.21. The molecule has 0 amide bonds. The summed E-state index contributed by atoms with van der Waals surface area (Å²) in [4.78, 5) is 2.37. The van der Waals surface area contributed by atoms with E-state index in [9.17, 15) is 0 Å². The van der Waals surface area contributed by atoms with Crippen LogP contribution in [0.2, 0.25) is 0 Å². The van der Waals surface area contributed by atoms with Crippen molar-refractivity contribution in [2.24, 2.45) is 5.41 Å². The fraction of sp³-hybridized carbons (Fsp3) is 0.417. The summed E-state index contributed by atoms with van der Waals surface area (Å²) in [5.74, 6) is 0. The Labute approximate surface area is 154 Å². The van der Waals surface area contributed by atoms with Gasteiger partial charge in [0.2, 0.25) is 0 Å². The van der Waals surface area contributed by atoms with Crippen LogP contribution in [-0.2, 0) is 0 Å². The molecule has 25 heavy (non-hydrogen) atoms. The van der Waals surface area contributed by atoms with E-state index in [2.05, 4.69) is 100 Å². The van der Waals surface area contributed by atoms with Gasteiger partial charge in [-0.3, -0.25) is 0 Å². The van der Waals surface area contributed by atoms with E-state index < -0.39 is 0 Å². The van der Waals surface area contributed by atoms with E-state index in [1.165, 1.54) is 22.4 Å². The molecule has 0 spiro atoms. The monoisotopic (exact) mass is 335 g/mol. The molecule has 0 fully saturated rings. The minimum Gasteiger partial charge on any atom is -0.372 e. The minimum atomic E-state index is 0.328. The maximum Gasteiger partial charge on any atom is 0.0366 e. The van der Waals surface area contributed by atoms with Crippen molar-refractivity contribution in [1.29, 1.82) is 0 Å². The van der Waals surface area contributed by atoms with E-state index in [0.717, 1.165) is 25.9 Å².